The maximum atomic E-state index is 13.5. The number of hydrogen-bond acceptors (Lipinski definition) is 7. The summed E-state index contributed by atoms with van der Waals surface area (Å²) in [7, 11) is 2.98. The van der Waals surface area contributed by atoms with Gasteiger partial charge in [-0.05, 0) is 36.4 Å². The minimum Gasteiger partial charge on any atom is -0.497 e. The van der Waals surface area contributed by atoms with E-state index in [0.29, 0.717) is 28.1 Å². The molecule has 0 spiro atoms. The number of ether oxygens (including phenoxy) is 3. The highest BCUT2D eigenvalue weighted by Gasteiger charge is 2.19. The Labute approximate surface area is 208 Å². The summed E-state index contributed by atoms with van der Waals surface area (Å²) in [6, 6.07) is 17.7. The van der Waals surface area contributed by atoms with Crippen molar-refractivity contribution in [1.29, 1.82) is 0 Å². The highest BCUT2D eigenvalue weighted by Crippen LogP contribution is 2.31. The molecule has 1 heterocycles. The quantitative estimate of drug-likeness (QED) is 0.255. The molecule has 0 radical (unpaired) electrons. The monoisotopic (exact) mass is 513 g/mol. The van der Waals surface area contributed by atoms with Gasteiger partial charge in [-0.2, -0.15) is 8.78 Å². The molecule has 0 atom stereocenters. The van der Waals surface area contributed by atoms with Crippen molar-refractivity contribution in [2.45, 2.75) is 11.8 Å². The number of nitrogens with zero attached hydrogens (tertiary/aromatic N) is 2. The first-order chi connectivity index (χ1) is 17.4. The van der Waals surface area contributed by atoms with Crippen molar-refractivity contribution in [2.75, 3.05) is 25.3 Å². The largest absolute Gasteiger partial charge is 0.497 e. The maximum absolute atomic E-state index is 13.5. The van der Waals surface area contributed by atoms with Crippen molar-refractivity contribution in [3.05, 3.63) is 77.1 Å². The molecule has 11 heteroatoms. The fraction of sp³-hybridized carbons (Fsp3) is 0.160. The van der Waals surface area contributed by atoms with E-state index in [9.17, 15) is 18.4 Å². The smallest absolute Gasteiger partial charge is 0.387 e. The number of benzene rings is 3. The number of nitrogens with one attached hydrogen (secondary N) is 1. The molecule has 3 aromatic carbocycles. The van der Waals surface area contributed by atoms with Crippen molar-refractivity contribution >= 4 is 34.3 Å². The second-order valence-corrected chi connectivity index (χ2v) is 8.24. The van der Waals surface area contributed by atoms with E-state index < -0.39 is 12.5 Å². The average Bonchev–Trinajstić information content (AvgIpc) is 2.88. The van der Waals surface area contributed by atoms with Crippen LogP contribution in [0.15, 0.2) is 76.7 Å². The number of carbonyl (C=O) groups is 1. The molecule has 0 aliphatic carbocycles. The normalized spacial score (nSPS) is 10.9. The number of methoxy groups -OCH3 is 2. The van der Waals surface area contributed by atoms with Crippen LogP contribution in [0.3, 0.4) is 0 Å². The molecule has 1 amide bonds. The Bertz CT molecular complexity index is 1460. The lowest BCUT2D eigenvalue weighted by atomic mass is 10.2. The molecule has 36 heavy (non-hydrogen) atoms. The van der Waals surface area contributed by atoms with Crippen LogP contribution in [-0.4, -0.2) is 42.0 Å². The number of carbonyl (C=O) groups excluding carboxylic acids is 1. The minimum absolute atomic E-state index is 0.0988. The summed E-state index contributed by atoms with van der Waals surface area (Å²) in [4.78, 5) is 30.8. The molecule has 0 fully saturated rings. The molecular weight excluding hydrogens is 492 g/mol. The lowest BCUT2D eigenvalue weighted by molar-refractivity contribution is -0.113. The Morgan fingerprint density at radius 3 is 2.53 bits per heavy atom. The molecule has 4 aromatic rings. The number of halogens is 2. The summed E-state index contributed by atoms with van der Waals surface area (Å²) in [5.41, 5.74) is 0.588. The lowest BCUT2D eigenvalue weighted by Gasteiger charge is -2.17. The number of aromatic nitrogens is 2. The van der Waals surface area contributed by atoms with Gasteiger partial charge in [-0.1, -0.05) is 36.0 Å². The van der Waals surface area contributed by atoms with Crippen LogP contribution < -0.4 is 25.1 Å². The summed E-state index contributed by atoms with van der Waals surface area (Å²) < 4.78 is 42.0. The molecular formula is C25H21F2N3O5S. The van der Waals surface area contributed by atoms with Gasteiger partial charge in [-0.25, -0.2) is 4.98 Å². The molecule has 1 N–H and O–H groups in total. The van der Waals surface area contributed by atoms with Gasteiger partial charge in [0.2, 0.25) is 5.91 Å². The van der Waals surface area contributed by atoms with E-state index in [-0.39, 0.29) is 27.9 Å². The first-order valence-electron chi connectivity index (χ1n) is 10.6. The van der Waals surface area contributed by atoms with Gasteiger partial charge in [0.25, 0.3) is 5.56 Å². The number of para-hydroxylation sites is 3. The predicted octanol–water partition coefficient (Wildman–Crippen LogP) is 4.74. The van der Waals surface area contributed by atoms with Crippen molar-refractivity contribution in [1.82, 2.24) is 9.55 Å². The van der Waals surface area contributed by atoms with E-state index in [4.69, 9.17) is 9.47 Å². The summed E-state index contributed by atoms with van der Waals surface area (Å²) in [6.07, 6.45) is 0. The van der Waals surface area contributed by atoms with Gasteiger partial charge < -0.3 is 19.5 Å². The zero-order chi connectivity index (χ0) is 25.7. The molecule has 0 aliphatic rings. The van der Waals surface area contributed by atoms with Crippen molar-refractivity contribution in [3.8, 4) is 22.9 Å². The van der Waals surface area contributed by atoms with Crippen LogP contribution in [-0.2, 0) is 4.79 Å². The van der Waals surface area contributed by atoms with Crippen molar-refractivity contribution < 1.29 is 27.8 Å². The minimum atomic E-state index is -3.04. The number of hydrogen-bond donors (Lipinski definition) is 1. The topological polar surface area (TPSA) is 91.7 Å². The molecule has 1 aromatic heterocycles. The van der Waals surface area contributed by atoms with Gasteiger partial charge in [0.15, 0.2) is 5.16 Å². The Balaban J connectivity index is 1.70. The Kier molecular flexibility index (Phi) is 7.69. The number of rotatable bonds is 9. The van der Waals surface area contributed by atoms with Gasteiger partial charge in [0.1, 0.15) is 17.2 Å². The number of amides is 1. The van der Waals surface area contributed by atoms with Gasteiger partial charge in [0, 0.05) is 6.07 Å². The predicted molar refractivity (Wildman–Crippen MR) is 133 cm³/mol. The van der Waals surface area contributed by atoms with E-state index in [2.05, 4.69) is 15.0 Å². The Morgan fingerprint density at radius 1 is 1.03 bits per heavy atom. The average molecular weight is 514 g/mol. The zero-order valence-corrected chi connectivity index (χ0v) is 20.1. The van der Waals surface area contributed by atoms with E-state index in [0.717, 1.165) is 11.8 Å². The molecule has 0 bridgehead atoms. The molecule has 8 nitrogen and oxygen atoms in total. The van der Waals surface area contributed by atoms with E-state index >= 15 is 0 Å². The van der Waals surface area contributed by atoms with Gasteiger partial charge >= 0.3 is 6.61 Å². The SMILES string of the molecule is COc1ccc(OC)c(-n2c(SCC(=O)Nc3ccccc3OC(F)F)nc3ccccc3c2=O)c1. The van der Waals surface area contributed by atoms with Gasteiger partial charge in [0.05, 0.1) is 42.3 Å². The summed E-state index contributed by atoms with van der Waals surface area (Å²) in [5.74, 6) is 0.0687. The third-order valence-electron chi connectivity index (χ3n) is 5.08. The Morgan fingerprint density at radius 2 is 1.78 bits per heavy atom. The van der Waals surface area contributed by atoms with E-state index in [1.165, 1.54) is 37.0 Å². The molecule has 186 valence electrons. The summed E-state index contributed by atoms with van der Waals surface area (Å²) >= 11 is 1.01. The standard InChI is InChI=1S/C25H21F2N3O5S/c1-33-15-11-12-21(34-2)19(13-15)30-23(32)16-7-3-4-8-17(16)29-25(30)36-14-22(31)28-18-9-5-6-10-20(18)35-24(26)27/h3-13,24H,14H2,1-2H3,(H,28,31). The highest BCUT2D eigenvalue weighted by atomic mass is 32.2. The zero-order valence-electron chi connectivity index (χ0n) is 19.2. The third kappa shape index (κ3) is 5.41. The summed E-state index contributed by atoms with van der Waals surface area (Å²) in [6.45, 7) is -3.04. The number of alkyl halides is 2. The fourth-order valence-corrected chi connectivity index (χ4v) is 4.28. The van der Waals surface area contributed by atoms with E-state index in [1.54, 1.807) is 48.5 Å². The van der Waals surface area contributed by atoms with Crippen molar-refractivity contribution in [3.63, 3.8) is 0 Å². The first kappa shape index (κ1) is 25.0. The molecule has 0 saturated heterocycles. The Hall–Kier alpha value is -4.12. The number of anilines is 1. The number of thioether (sulfide) groups is 1. The molecule has 4 rings (SSSR count). The highest BCUT2D eigenvalue weighted by molar-refractivity contribution is 7.99. The second-order valence-electron chi connectivity index (χ2n) is 7.30. The molecule has 0 unspecified atom stereocenters. The lowest BCUT2D eigenvalue weighted by Crippen LogP contribution is -2.23. The molecule has 0 aliphatic heterocycles. The first-order valence-corrected chi connectivity index (χ1v) is 11.6. The van der Waals surface area contributed by atoms with Crippen LogP contribution >= 0.6 is 11.8 Å². The van der Waals surface area contributed by atoms with Crippen LogP contribution in [0, 0.1) is 0 Å². The van der Waals surface area contributed by atoms with E-state index in [1.807, 2.05) is 0 Å². The van der Waals surface area contributed by atoms with Crippen LogP contribution in [0.5, 0.6) is 17.2 Å². The molecule has 0 saturated carbocycles. The third-order valence-corrected chi connectivity index (χ3v) is 6.02. The second kappa shape index (κ2) is 11.1. The van der Waals surface area contributed by atoms with Crippen LogP contribution in [0.1, 0.15) is 0 Å². The van der Waals surface area contributed by atoms with Crippen LogP contribution in [0.2, 0.25) is 0 Å². The van der Waals surface area contributed by atoms with Crippen LogP contribution in [0.25, 0.3) is 16.6 Å². The van der Waals surface area contributed by atoms with Crippen LogP contribution in [0.4, 0.5) is 14.5 Å². The number of fused-ring (bicyclic) bond motifs is 1. The van der Waals surface area contributed by atoms with Gasteiger partial charge in [-0.15, -0.1) is 0 Å². The fourth-order valence-electron chi connectivity index (χ4n) is 3.48. The summed E-state index contributed by atoms with van der Waals surface area (Å²) in [5, 5.41) is 3.18. The van der Waals surface area contributed by atoms with Gasteiger partial charge in [-0.3, -0.25) is 14.2 Å². The maximum Gasteiger partial charge on any atom is 0.387 e. The van der Waals surface area contributed by atoms with Crippen molar-refractivity contribution in [2.24, 2.45) is 0 Å².